The highest BCUT2D eigenvalue weighted by atomic mass is 15.1. The van der Waals surface area contributed by atoms with Crippen molar-refractivity contribution in [2.45, 2.75) is 0 Å². The van der Waals surface area contributed by atoms with Crippen LogP contribution in [0.15, 0.2) is 115 Å². The Morgan fingerprint density at radius 2 is 1.17 bits per heavy atom. The number of benzene rings is 5. The number of rotatable bonds is 2. The SMILES string of the molecule is C1=Cc2cc(-c3cccc4c3C=Cc3ccccc3N4c3ccccc3)ccc2Nc2ccccc21. The second kappa shape index (κ2) is 8.44. The first-order valence-electron chi connectivity index (χ1n) is 12.3. The van der Waals surface area contributed by atoms with E-state index in [0.29, 0.717) is 0 Å². The maximum absolute atomic E-state index is 3.61. The molecule has 0 unspecified atom stereocenters. The maximum Gasteiger partial charge on any atom is 0.0540 e. The highest BCUT2D eigenvalue weighted by Crippen LogP contribution is 2.45. The van der Waals surface area contributed by atoms with E-state index < -0.39 is 0 Å². The Morgan fingerprint density at radius 1 is 0.472 bits per heavy atom. The van der Waals surface area contributed by atoms with Crippen LogP contribution in [-0.2, 0) is 0 Å². The largest absolute Gasteiger partial charge is 0.355 e. The number of anilines is 5. The van der Waals surface area contributed by atoms with Gasteiger partial charge in [-0.2, -0.15) is 0 Å². The van der Waals surface area contributed by atoms with Gasteiger partial charge in [0.25, 0.3) is 0 Å². The molecule has 5 aromatic carbocycles. The smallest absolute Gasteiger partial charge is 0.0540 e. The summed E-state index contributed by atoms with van der Waals surface area (Å²) in [6.07, 6.45) is 8.91. The molecule has 2 aliphatic heterocycles. The van der Waals surface area contributed by atoms with Gasteiger partial charge in [0.15, 0.2) is 0 Å². The number of para-hydroxylation sites is 3. The van der Waals surface area contributed by atoms with Crippen molar-refractivity contribution in [3.8, 4) is 11.1 Å². The number of hydrogen-bond acceptors (Lipinski definition) is 2. The van der Waals surface area contributed by atoms with Crippen molar-refractivity contribution in [3.63, 3.8) is 0 Å². The zero-order chi connectivity index (χ0) is 23.9. The van der Waals surface area contributed by atoms with Crippen molar-refractivity contribution in [3.05, 3.63) is 138 Å². The Bertz CT molecular complexity index is 1660. The third kappa shape index (κ3) is 3.43. The Kier molecular flexibility index (Phi) is 4.82. The van der Waals surface area contributed by atoms with Crippen LogP contribution in [0, 0.1) is 0 Å². The maximum atomic E-state index is 3.61. The molecular formula is C34H24N2. The predicted octanol–water partition coefficient (Wildman–Crippen LogP) is 9.53. The molecule has 1 N–H and O–H groups in total. The normalized spacial score (nSPS) is 12.9. The third-order valence-electron chi connectivity index (χ3n) is 6.98. The van der Waals surface area contributed by atoms with Gasteiger partial charge in [0, 0.05) is 22.6 Å². The summed E-state index contributed by atoms with van der Waals surface area (Å²) in [5.41, 5.74) is 13.0. The molecule has 0 aliphatic carbocycles. The average molecular weight is 461 g/mol. The van der Waals surface area contributed by atoms with Gasteiger partial charge in [0.05, 0.1) is 11.4 Å². The summed E-state index contributed by atoms with van der Waals surface area (Å²) in [4.78, 5) is 2.37. The fourth-order valence-corrected chi connectivity index (χ4v) is 5.23. The van der Waals surface area contributed by atoms with Gasteiger partial charge in [0.1, 0.15) is 0 Å². The zero-order valence-corrected chi connectivity index (χ0v) is 19.7. The van der Waals surface area contributed by atoms with Gasteiger partial charge in [-0.05, 0) is 70.3 Å². The zero-order valence-electron chi connectivity index (χ0n) is 19.7. The fraction of sp³-hybridized carbons (Fsp3) is 0. The summed E-state index contributed by atoms with van der Waals surface area (Å²) in [5, 5.41) is 3.61. The van der Waals surface area contributed by atoms with Crippen LogP contribution in [0.2, 0.25) is 0 Å². The summed E-state index contributed by atoms with van der Waals surface area (Å²) in [7, 11) is 0. The monoisotopic (exact) mass is 460 g/mol. The molecule has 0 aromatic heterocycles. The molecule has 36 heavy (non-hydrogen) atoms. The molecule has 0 amide bonds. The second-order valence-electron chi connectivity index (χ2n) is 9.15. The van der Waals surface area contributed by atoms with Crippen LogP contribution in [0.5, 0.6) is 0 Å². The molecule has 0 fully saturated rings. The molecule has 0 bridgehead atoms. The van der Waals surface area contributed by atoms with Crippen LogP contribution >= 0.6 is 0 Å². The quantitative estimate of drug-likeness (QED) is 0.276. The van der Waals surface area contributed by atoms with Crippen molar-refractivity contribution >= 4 is 52.7 Å². The van der Waals surface area contributed by atoms with E-state index in [9.17, 15) is 0 Å². The van der Waals surface area contributed by atoms with Gasteiger partial charge in [0.2, 0.25) is 0 Å². The lowest BCUT2D eigenvalue weighted by Crippen LogP contribution is -2.11. The second-order valence-corrected chi connectivity index (χ2v) is 9.15. The Labute approximate surface area is 211 Å². The summed E-state index contributed by atoms with van der Waals surface area (Å²) >= 11 is 0. The van der Waals surface area contributed by atoms with Crippen LogP contribution in [0.25, 0.3) is 35.4 Å². The molecule has 7 rings (SSSR count). The van der Waals surface area contributed by atoms with Crippen LogP contribution in [0.4, 0.5) is 28.4 Å². The number of hydrogen-bond donors (Lipinski definition) is 1. The molecule has 0 atom stereocenters. The van der Waals surface area contributed by atoms with Crippen molar-refractivity contribution in [1.82, 2.24) is 0 Å². The van der Waals surface area contributed by atoms with Crippen molar-refractivity contribution in [2.24, 2.45) is 0 Å². The van der Waals surface area contributed by atoms with Crippen LogP contribution in [-0.4, -0.2) is 0 Å². The van der Waals surface area contributed by atoms with Crippen molar-refractivity contribution in [2.75, 3.05) is 10.2 Å². The van der Waals surface area contributed by atoms with E-state index in [1.54, 1.807) is 0 Å². The first-order valence-corrected chi connectivity index (χ1v) is 12.3. The Balaban J connectivity index is 1.39. The number of nitrogens with zero attached hydrogens (tertiary/aromatic N) is 1. The molecular weight excluding hydrogens is 436 g/mol. The number of nitrogens with one attached hydrogen (secondary N) is 1. The minimum Gasteiger partial charge on any atom is -0.355 e. The van der Waals surface area contributed by atoms with E-state index in [0.717, 1.165) is 17.1 Å². The summed E-state index contributed by atoms with van der Waals surface area (Å²) in [6, 6.07) is 41.0. The summed E-state index contributed by atoms with van der Waals surface area (Å²) < 4.78 is 0. The van der Waals surface area contributed by atoms with Gasteiger partial charge in [-0.1, -0.05) is 97.1 Å². The topological polar surface area (TPSA) is 15.3 Å². The molecule has 2 aliphatic rings. The Morgan fingerprint density at radius 3 is 2.08 bits per heavy atom. The average Bonchev–Trinajstić information content (AvgIpc) is 3.23. The lowest BCUT2D eigenvalue weighted by atomic mass is 9.95. The molecule has 0 saturated carbocycles. The highest BCUT2D eigenvalue weighted by molar-refractivity contribution is 5.98. The minimum absolute atomic E-state index is 1.12. The van der Waals surface area contributed by atoms with Crippen LogP contribution in [0.3, 0.4) is 0 Å². The lowest BCUT2D eigenvalue weighted by molar-refractivity contribution is 1.28. The van der Waals surface area contributed by atoms with Gasteiger partial charge < -0.3 is 10.2 Å². The third-order valence-corrected chi connectivity index (χ3v) is 6.98. The summed E-state index contributed by atoms with van der Waals surface area (Å²) in [5.74, 6) is 0. The molecule has 0 radical (unpaired) electrons. The minimum atomic E-state index is 1.12. The lowest BCUT2D eigenvalue weighted by Gasteiger charge is -2.28. The van der Waals surface area contributed by atoms with E-state index in [1.165, 1.54) is 44.8 Å². The molecule has 5 aromatic rings. The molecule has 2 nitrogen and oxygen atoms in total. The van der Waals surface area contributed by atoms with Crippen molar-refractivity contribution < 1.29 is 0 Å². The molecule has 0 saturated heterocycles. The van der Waals surface area contributed by atoms with Gasteiger partial charge in [-0.3, -0.25) is 0 Å². The summed E-state index contributed by atoms with van der Waals surface area (Å²) in [6.45, 7) is 0. The van der Waals surface area contributed by atoms with E-state index in [-0.39, 0.29) is 0 Å². The van der Waals surface area contributed by atoms with Gasteiger partial charge >= 0.3 is 0 Å². The molecule has 2 heterocycles. The predicted molar refractivity (Wildman–Crippen MR) is 154 cm³/mol. The molecule has 2 heteroatoms. The van der Waals surface area contributed by atoms with E-state index in [1.807, 2.05) is 0 Å². The standard InChI is InChI=1S/C34H24N2/c1-2-11-28(12-3-1)36-33-15-7-5-10-25(33)19-21-30-29(13-8-16-34(30)36)26-20-22-32-27(23-26)18-17-24-9-4-6-14-31(24)35-32/h1-23,35H. The molecule has 0 spiro atoms. The first kappa shape index (κ1) is 20.5. The van der Waals surface area contributed by atoms with E-state index >= 15 is 0 Å². The fourth-order valence-electron chi connectivity index (χ4n) is 5.23. The van der Waals surface area contributed by atoms with Gasteiger partial charge in [-0.15, -0.1) is 0 Å². The van der Waals surface area contributed by atoms with Gasteiger partial charge in [-0.25, -0.2) is 0 Å². The Hall–Kier alpha value is -4.82. The van der Waals surface area contributed by atoms with E-state index in [2.05, 4.69) is 150 Å². The number of fused-ring (bicyclic) bond motifs is 4. The van der Waals surface area contributed by atoms with Crippen LogP contribution < -0.4 is 10.2 Å². The molecule has 170 valence electrons. The van der Waals surface area contributed by atoms with Crippen LogP contribution in [0.1, 0.15) is 22.3 Å². The van der Waals surface area contributed by atoms with E-state index in [4.69, 9.17) is 0 Å². The highest BCUT2D eigenvalue weighted by Gasteiger charge is 2.22. The van der Waals surface area contributed by atoms with Crippen molar-refractivity contribution in [1.29, 1.82) is 0 Å². The first-order chi connectivity index (χ1) is 17.8.